The number of fused-ring (bicyclic) bond motifs is 1. The van der Waals surface area contributed by atoms with Gasteiger partial charge in [0.15, 0.2) is 22.5 Å². The maximum Gasteiger partial charge on any atom is 0.406 e. The molecule has 1 aliphatic rings. The van der Waals surface area contributed by atoms with E-state index in [1.807, 2.05) is 0 Å². The van der Waals surface area contributed by atoms with Crippen molar-refractivity contribution in [3.63, 3.8) is 0 Å². The molecule has 2 aromatic rings. The maximum absolute atomic E-state index is 15.8. The van der Waals surface area contributed by atoms with Crippen LogP contribution in [0, 0.1) is 5.41 Å². The van der Waals surface area contributed by atoms with Crippen LogP contribution in [0.15, 0.2) is 6.33 Å². The number of halogens is 2. The standard InChI is InChI=1S/C25H39ClFN6O9PS/c1-8-38-19-16-18(30-23(28)31-19)33(12-29-16)21-25(26,27)17(34)15(42-21)11-40-43(37,32-14(4)20(35)41-13(2)3)39-9-10-44-22(36)24(5,6)7/h12-15,17,21,34H,8-11H2,1-7H3,(H,32,37)(H2,28,30,31)/t14-,15-,17-,21-,25+,43+/m1/s1. The van der Waals surface area contributed by atoms with Gasteiger partial charge in [-0.3, -0.25) is 23.2 Å². The predicted octanol–water partition coefficient (Wildman–Crippen LogP) is 3.35. The first-order chi connectivity index (χ1) is 20.4. The van der Waals surface area contributed by atoms with E-state index in [0.29, 0.717) is 0 Å². The third kappa shape index (κ3) is 8.78. The largest absolute Gasteiger partial charge is 0.476 e. The summed E-state index contributed by atoms with van der Waals surface area (Å²) in [5, 5.41) is 10.2. The van der Waals surface area contributed by atoms with E-state index in [4.69, 9.17) is 40.6 Å². The molecule has 4 N–H and O–H groups in total. The smallest absolute Gasteiger partial charge is 0.406 e. The highest BCUT2D eigenvalue weighted by molar-refractivity contribution is 8.13. The number of nitrogens with one attached hydrogen (secondary N) is 1. The van der Waals surface area contributed by atoms with Crippen LogP contribution < -0.4 is 15.6 Å². The fraction of sp³-hybridized carbons (Fsp3) is 0.720. The Balaban J connectivity index is 1.78. The van der Waals surface area contributed by atoms with Crippen LogP contribution in [0.2, 0.25) is 0 Å². The summed E-state index contributed by atoms with van der Waals surface area (Å²) in [6, 6.07) is -1.15. The molecular weight excluding hydrogens is 646 g/mol. The number of anilines is 1. The highest BCUT2D eigenvalue weighted by Gasteiger charge is 2.58. The van der Waals surface area contributed by atoms with Crippen LogP contribution in [-0.2, 0) is 32.7 Å². The first-order valence-corrected chi connectivity index (χ1v) is 16.7. The lowest BCUT2D eigenvalue weighted by Crippen LogP contribution is -2.39. The van der Waals surface area contributed by atoms with Crippen LogP contribution in [0.1, 0.15) is 54.7 Å². The normalized spacial score (nSPS) is 24.4. The molecule has 44 heavy (non-hydrogen) atoms. The van der Waals surface area contributed by atoms with Crippen molar-refractivity contribution in [3.05, 3.63) is 6.33 Å². The SMILES string of the molecule is CCOc1nc(N)nc2c1ncn2[C@@H]1O[C@H](CO[P@](=O)(N[C@H](C)C(=O)OC(C)C)OCCSC(=O)C(C)(C)C)[C@@H](O)[C@@]1(F)Cl. The summed E-state index contributed by atoms with van der Waals surface area (Å²) in [4.78, 5) is 36.9. The fourth-order valence-electron chi connectivity index (χ4n) is 3.84. The average molecular weight is 685 g/mol. The van der Waals surface area contributed by atoms with Crippen molar-refractivity contribution in [2.24, 2.45) is 5.41 Å². The quantitative estimate of drug-likeness (QED) is 0.113. The summed E-state index contributed by atoms with van der Waals surface area (Å²) in [5.41, 5.74) is 5.36. The number of aromatic nitrogens is 4. The molecule has 0 radical (unpaired) electrons. The van der Waals surface area contributed by atoms with E-state index in [0.717, 1.165) is 16.3 Å². The molecule has 1 saturated heterocycles. The molecule has 0 aliphatic carbocycles. The minimum Gasteiger partial charge on any atom is -0.476 e. The van der Waals surface area contributed by atoms with Gasteiger partial charge < -0.3 is 25.1 Å². The Morgan fingerprint density at radius 2 is 2.00 bits per heavy atom. The molecule has 3 heterocycles. The van der Waals surface area contributed by atoms with Crippen molar-refractivity contribution in [2.75, 3.05) is 31.3 Å². The number of nitrogen functional groups attached to an aromatic ring is 1. The van der Waals surface area contributed by atoms with Crippen molar-refractivity contribution in [1.82, 2.24) is 24.6 Å². The molecule has 248 valence electrons. The maximum atomic E-state index is 15.8. The molecule has 0 aromatic carbocycles. The summed E-state index contributed by atoms with van der Waals surface area (Å²) in [6.07, 6.45) is -4.42. The first kappa shape index (κ1) is 36.4. The van der Waals surface area contributed by atoms with Crippen molar-refractivity contribution in [3.8, 4) is 5.88 Å². The first-order valence-electron chi connectivity index (χ1n) is 13.8. The van der Waals surface area contributed by atoms with Crippen LogP contribution in [0.25, 0.3) is 11.2 Å². The van der Waals surface area contributed by atoms with Gasteiger partial charge in [-0.05, 0) is 27.7 Å². The number of imidazole rings is 1. The van der Waals surface area contributed by atoms with Crippen LogP contribution in [0.5, 0.6) is 5.88 Å². The van der Waals surface area contributed by atoms with Gasteiger partial charge in [0.2, 0.25) is 11.8 Å². The minimum absolute atomic E-state index is 0.0258. The lowest BCUT2D eigenvalue weighted by atomic mass is 10.00. The van der Waals surface area contributed by atoms with Gasteiger partial charge in [0, 0.05) is 11.2 Å². The number of ether oxygens (including phenoxy) is 3. The molecular formula is C25H39ClFN6O9PS. The number of hydrogen-bond donors (Lipinski definition) is 3. The highest BCUT2D eigenvalue weighted by Crippen LogP contribution is 2.49. The van der Waals surface area contributed by atoms with Gasteiger partial charge in [0.1, 0.15) is 18.2 Å². The topological polar surface area (TPSA) is 199 Å². The van der Waals surface area contributed by atoms with E-state index >= 15 is 4.39 Å². The molecule has 0 amide bonds. The number of esters is 1. The van der Waals surface area contributed by atoms with E-state index in [1.54, 1.807) is 41.5 Å². The monoisotopic (exact) mass is 684 g/mol. The number of nitrogens with zero attached hydrogens (tertiary/aromatic N) is 4. The zero-order chi connectivity index (χ0) is 33.0. The fourth-order valence-corrected chi connectivity index (χ4v) is 6.52. The molecule has 6 atom stereocenters. The average Bonchev–Trinajstić information content (AvgIpc) is 3.42. The summed E-state index contributed by atoms with van der Waals surface area (Å²) in [7, 11) is -4.34. The Morgan fingerprint density at radius 1 is 1.32 bits per heavy atom. The number of carbonyl (C=O) groups is 2. The Bertz CT molecular complexity index is 1380. The summed E-state index contributed by atoms with van der Waals surface area (Å²) >= 11 is 7.12. The molecule has 2 aromatic heterocycles. The third-order valence-electron chi connectivity index (χ3n) is 5.98. The van der Waals surface area contributed by atoms with Gasteiger partial charge in [0.05, 0.1) is 32.3 Å². The lowest BCUT2D eigenvalue weighted by Gasteiger charge is -2.25. The van der Waals surface area contributed by atoms with Crippen LogP contribution in [0.3, 0.4) is 0 Å². The summed E-state index contributed by atoms with van der Waals surface area (Å²) in [5.74, 6) is -0.733. The number of hydrogen-bond acceptors (Lipinski definition) is 14. The molecule has 0 bridgehead atoms. The Morgan fingerprint density at radius 3 is 2.61 bits per heavy atom. The third-order valence-corrected chi connectivity index (χ3v) is 9.35. The van der Waals surface area contributed by atoms with Crippen molar-refractivity contribution < 1.29 is 46.9 Å². The van der Waals surface area contributed by atoms with Gasteiger partial charge in [-0.15, -0.1) is 0 Å². The Kier molecular flexibility index (Phi) is 12.0. The summed E-state index contributed by atoms with van der Waals surface area (Å²) in [6.45, 7) is 11.0. The number of carbonyl (C=O) groups excluding carboxylic acids is 2. The number of thioether (sulfide) groups is 1. The number of aliphatic hydroxyl groups excluding tert-OH is 1. The molecule has 1 aliphatic heterocycles. The van der Waals surface area contributed by atoms with Gasteiger partial charge in [-0.1, -0.05) is 44.1 Å². The van der Waals surface area contributed by atoms with Crippen molar-refractivity contribution in [1.29, 1.82) is 0 Å². The van der Waals surface area contributed by atoms with Crippen LogP contribution >= 0.6 is 31.1 Å². The van der Waals surface area contributed by atoms with Crippen LogP contribution in [-0.4, -0.2) is 90.8 Å². The zero-order valence-corrected chi connectivity index (χ0v) is 28.0. The van der Waals surface area contributed by atoms with Gasteiger partial charge in [0.25, 0.3) is 5.13 Å². The lowest BCUT2D eigenvalue weighted by molar-refractivity contribution is -0.149. The van der Waals surface area contributed by atoms with E-state index in [2.05, 4.69) is 20.0 Å². The Labute approximate surface area is 263 Å². The second-order valence-electron chi connectivity index (χ2n) is 11.1. The van der Waals surface area contributed by atoms with Crippen molar-refractivity contribution >= 4 is 59.3 Å². The summed E-state index contributed by atoms with van der Waals surface area (Å²) < 4.78 is 58.0. The predicted molar refractivity (Wildman–Crippen MR) is 161 cm³/mol. The number of rotatable bonds is 14. The molecule has 15 nitrogen and oxygen atoms in total. The number of nitrogens with two attached hydrogens (primary N) is 1. The molecule has 0 saturated carbocycles. The van der Waals surface area contributed by atoms with Crippen LogP contribution in [0.4, 0.5) is 10.3 Å². The number of aliphatic hydroxyl groups is 1. The zero-order valence-electron chi connectivity index (χ0n) is 25.5. The second kappa shape index (κ2) is 14.5. The van der Waals surface area contributed by atoms with Gasteiger partial charge in [-0.2, -0.15) is 9.97 Å². The minimum atomic E-state index is -4.34. The van der Waals surface area contributed by atoms with E-state index < -0.39 is 61.4 Å². The van der Waals surface area contributed by atoms with Crippen molar-refractivity contribution in [2.45, 2.75) is 84.2 Å². The number of alkyl halides is 2. The molecule has 3 rings (SSSR count). The van der Waals surface area contributed by atoms with E-state index in [9.17, 15) is 19.3 Å². The van der Waals surface area contributed by atoms with Gasteiger partial charge in [-0.25, -0.2) is 19.0 Å². The van der Waals surface area contributed by atoms with Gasteiger partial charge >= 0.3 is 13.7 Å². The molecule has 0 unspecified atom stereocenters. The Hall–Kier alpha value is -2.11. The molecule has 0 spiro atoms. The second-order valence-corrected chi connectivity index (χ2v) is 14.6. The molecule has 1 fully saturated rings. The molecule has 19 heteroatoms. The van der Waals surface area contributed by atoms with E-state index in [1.165, 1.54) is 13.3 Å². The van der Waals surface area contributed by atoms with E-state index in [-0.39, 0.29) is 47.1 Å². The highest BCUT2D eigenvalue weighted by atomic mass is 35.5.